The van der Waals surface area contributed by atoms with Crippen LogP contribution in [0.4, 0.5) is 10.5 Å². The van der Waals surface area contributed by atoms with Gasteiger partial charge in [0.1, 0.15) is 5.75 Å². The van der Waals surface area contributed by atoms with Crippen molar-refractivity contribution in [3.63, 3.8) is 0 Å². The third kappa shape index (κ3) is 4.90. The predicted molar refractivity (Wildman–Crippen MR) is 134 cm³/mol. The molecule has 192 valence electrons. The molecule has 2 atom stereocenters. The maximum atomic E-state index is 13.3. The Morgan fingerprint density at radius 2 is 2.11 bits per heavy atom. The molecule has 4 aliphatic rings. The molecule has 2 unspecified atom stereocenters. The van der Waals surface area contributed by atoms with E-state index in [1.165, 1.54) is 22.6 Å². The van der Waals surface area contributed by atoms with Crippen LogP contribution in [0.5, 0.6) is 5.75 Å². The maximum Gasteiger partial charge on any atom is 0.320 e. The summed E-state index contributed by atoms with van der Waals surface area (Å²) in [5.74, 6) is -0.601. The summed E-state index contributed by atoms with van der Waals surface area (Å²) < 4.78 is 5.58. The second-order valence-corrected chi connectivity index (χ2v) is 9.72. The van der Waals surface area contributed by atoms with E-state index in [4.69, 9.17) is 4.74 Å². The first-order chi connectivity index (χ1) is 17.4. The molecule has 0 aliphatic carbocycles. The summed E-state index contributed by atoms with van der Waals surface area (Å²) in [6.07, 6.45) is 8.32. The number of rotatable bonds is 8. The van der Waals surface area contributed by atoms with Crippen LogP contribution in [0.3, 0.4) is 0 Å². The summed E-state index contributed by atoms with van der Waals surface area (Å²) >= 11 is 0. The van der Waals surface area contributed by atoms with E-state index in [0.29, 0.717) is 36.6 Å². The number of aliphatic carboxylic acids is 1. The normalized spacial score (nSPS) is 22.2. The Labute approximate surface area is 210 Å². The van der Waals surface area contributed by atoms with Crippen molar-refractivity contribution in [2.75, 3.05) is 44.7 Å². The predicted octanol–water partition coefficient (Wildman–Crippen LogP) is 2.20. The number of dihydropyridines is 1. The maximum absolute atomic E-state index is 13.3. The lowest BCUT2D eigenvalue weighted by atomic mass is 9.99. The van der Waals surface area contributed by atoms with Crippen molar-refractivity contribution in [1.82, 2.24) is 20.4 Å². The summed E-state index contributed by atoms with van der Waals surface area (Å²) in [6, 6.07) is 4.53. The third-order valence-corrected chi connectivity index (χ3v) is 7.39. The molecule has 1 aromatic rings. The molecule has 3 N–H and O–H groups in total. The highest BCUT2D eigenvalue weighted by atomic mass is 16.5. The first kappa shape index (κ1) is 24.2. The number of nitrogens with zero attached hydrogens (tertiary/aromatic N) is 3. The van der Waals surface area contributed by atoms with Crippen molar-refractivity contribution in [3.8, 4) is 5.75 Å². The lowest BCUT2D eigenvalue weighted by Crippen LogP contribution is -2.47. The van der Waals surface area contributed by atoms with E-state index in [0.717, 1.165) is 25.8 Å². The van der Waals surface area contributed by atoms with Gasteiger partial charge in [0.25, 0.3) is 5.91 Å². The number of fused-ring (bicyclic) bond motifs is 2. The van der Waals surface area contributed by atoms with Crippen LogP contribution >= 0.6 is 0 Å². The van der Waals surface area contributed by atoms with Gasteiger partial charge in [-0.15, -0.1) is 0 Å². The van der Waals surface area contributed by atoms with Crippen LogP contribution in [0.1, 0.15) is 43.7 Å². The molecule has 0 bridgehead atoms. The Morgan fingerprint density at radius 3 is 2.94 bits per heavy atom. The third-order valence-electron chi connectivity index (χ3n) is 7.39. The molecule has 4 aliphatic heterocycles. The minimum absolute atomic E-state index is 0.0633. The lowest BCUT2D eigenvalue weighted by molar-refractivity contribution is -0.138. The molecule has 10 nitrogen and oxygen atoms in total. The smallest absolute Gasteiger partial charge is 0.320 e. The summed E-state index contributed by atoms with van der Waals surface area (Å²) in [4.78, 5) is 41.9. The van der Waals surface area contributed by atoms with Gasteiger partial charge in [-0.05, 0) is 61.6 Å². The molecule has 5 rings (SSSR count). The van der Waals surface area contributed by atoms with Crippen molar-refractivity contribution >= 4 is 23.6 Å². The van der Waals surface area contributed by atoms with Gasteiger partial charge in [-0.3, -0.25) is 14.9 Å². The van der Waals surface area contributed by atoms with E-state index in [1.807, 2.05) is 0 Å². The van der Waals surface area contributed by atoms with Crippen LogP contribution < -0.4 is 20.3 Å². The molecule has 2 saturated heterocycles. The minimum atomic E-state index is -0.976. The number of nitrogens with one attached hydrogen (secondary N) is 2. The zero-order valence-corrected chi connectivity index (χ0v) is 20.5. The zero-order chi connectivity index (χ0) is 25.2. The first-order valence-electron chi connectivity index (χ1n) is 12.6. The van der Waals surface area contributed by atoms with Crippen LogP contribution in [-0.2, 0) is 9.59 Å². The summed E-state index contributed by atoms with van der Waals surface area (Å²) in [5, 5.41) is 16.6. The second-order valence-electron chi connectivity index (χ2n) is 9.72. The van der Waals surface area contributed by atoms with Crippen LogP contribution in [0.2, 0.25) is 0 Å². The number of allylic oxidation sites excluding steroid dienone is 3. The average molecular weight is 496 g/mol. The van der Waals surface area contributed by atoms with Crippen LogP contribution in [0, 0.1) is 0 Å². The number of likely N-dealkylation sites (N-methyl/N-ethyl adjacent to an activating group) is 1. The van der Waals surface area contributed by atoms with Gasteiger partial charge in [-0.2, -0.15) is 0 Å². The number of ether oxygens (including phenoxy) is 1. The monoisotopic (exact) mass is 495 g/mol. The van der Waals surface area contributed by atoms with Crippen molar-refractivity contribution in [2.24, 2.45) is 0 Å². The number of urea groups is 1. The van der Waals surface area contributed by atoms with Crippen molar-refractivity contribution in [1.29, 1.82) is 0 Å². The fourth-order valence-electron chi connectivity index (χ4n) is 5.37. The molecule has 0 aromatic heterocycles. The summed E-state index contributed by atoms with van der Waals surface area (Å²) in [5.41, 5.74) is 3.89. The fraction of sp³-hybridized carbons (Fsp3) is 0.500. The second kappa shape index (κ2) is 10.2. The Kier molecular flexibility index (Phi) is 6.86. The number of carboxylic acids is 1. The van der Waals surface area contributed by atoms with Crippen LogP contribution in [0.25, 0.3) is 0 Å². The molecule has 0 spiro atoms. The van der Waals surface area contributed by atoms with Gasteiger partial charge < -0.3 is 29.9 Å². The van der Waals surface area contributed by atoms with Gasteiger partial charge >= 0.3 is 12.0 Å². The Bertz CT molecular complexity index is 1120. The number of carbonyl (C=O) groups excluding carboxylic acids is 2. The number of hydrogen-bond acceptors (Lipinski definition) is 6. The topological polar surface area (TPSA) is 114 Å². The minimum Gasteiger partial charge on any atom is -0.482 e. The van der Waals surface area contributed by atoms with Gasteiger partial charge in [0.05, 0.1) is 24.3 Å². The highest BCUT2D eigenvalue weighted by Gasteiger charge is 2.36. The van der Waals surface area contributed by atoms with Crippen molar-refractivity contribution in [2.45, 2.75) is 44.3 Å². The number of piperidine rings is 1. The SMILES string of the molecule is CN1C(=O)COc2cc(C(CC(=O)O)N3CCN(CCCC4=CC=C5CCCNC5N4)C3=O)ccc21. The Morgan fingerprint density at radius 1 is 1.25 bits per heavy atom. The number of carbonyl (C=O) groups is 3. The lowest BCUT2D eigenvalue weighted by Gasteiger charge is -2.32. The Hall–Kier alpha value is -3.53. The van der Waals surface area contributed by atoms with E-state index >= 15 is 0 Å². The standard InChI is InChI=1S/C26H33N5O5/c1-29-20-9-7-18(14-22(20)36-16-23(29)32)21(15-24(33)34)31-13-12-30(26(31)35)11-3-5-19-8-6-17-4-2-10-27-25(17)28-19/h6-9,14,21,25,27-28H,2-5,10-13,15-16H2,1H3,(H,33,34). The molecule has 1 aromatic carbocycles. The quantitative estimate of drug-likeness (QED) is 0.507. The fourth-order valence-corrected chi connectivity index (χ4v) is 5.37. The van der Waals surface area contributed by atoms with Gasteiger partial charge in [0.15, 0.2) is 6.61 Å². The van der Waals surface area contributed by atoms with E-state index < -0.39 is 12.0 Å². The highest BCUT2D eigenvalue weighted by Crippen LogP contribution is 2.37. The highest BCUT2D eigenvalue weighted by molar-refractivity contribution is 5.97. The zero-order valence-electron chi connectivity index (χ0n) is 20.5. The van der Waals surface area contributed by atoms with Crippen molar-refractivity contribution < 1.29 is 24.2 Å². The van der Waals surface area contributed by atoms with Crippen molar-refractivity contribution in [3.05, 3.63) is 47.2 Å². The molecule has 3 amide bonds. The number of anilines is 1. The average Bonchev–Trinajstić information content (AvgIpc) is 3.24. The van der Waals surface area contributed by atoms with E-state index in [2.05, 4.69) is 22.8 Å². The molecule has 0 saturated carbocycles. The molecule has 10 heteroatoms. The van der Waals surface area contributed by atoms with Crippen LogP contribution in [0.15, 0.2) is 41.6 Å². The number of hydrogen-bond donors (Lipinski definition) is 3. The number of benzene rings is 1. The van der Waals surface area contributed by atoms with E-state index in [1.54, 1.807) is 35.0 Å². The first-order valence-corrected chi connectivity index (χ1v) is 12.6. The molecule has 0 radical (unpaired) electrons. The van der Waals surface area contributed by atoms with Gasteiger partial charge in [-0.25, -0.2) is 4.79 Å². The number of amides is 3. The van der Waals surface area contributed by atoms with E-state index in [-0.39, 0.29) is 31.1 Å². The van der Waals surface area contributed by atoms with E-state index in [9.17, 15) is 19.5 Å². The molecule has 36 heavy (non-hydrogen) atoms. The summed E-state index contributed by atoms with van der Waals surface area (Å²) in [6.45, 7) is 2.60. The molecular weight excluding hydrogens is 462 g/mol. The van der Waals surface area contributed by atoms with Gasteiger partial charge in [0.2, 0.25) is 0 Å². The number of carboxylic acid groups (broad SMARTS) is 1. The van der Waals surface area contributed by atoms with Crippen LogP contribution in [-0.4, -0.2) is 78.8 Å². The Balaban J connectivity index is 1.23. The molecular formula is C26H33N5O5. The molecule has 4 heterocycles. The van der Waals surface area contributed by atoms with Gasteiger partial charge in [-0.1, -0.05) is 12.1 Å². The summed E-state index contributed by atoms with van der Waals surface area (Å²) in [7, 11) is 1.68. The molecule has 2 fully saturated rings. The largest absolute Gasteiger partial charge is 0.482 e. The van der Waals surface area contributed by atoms with Gasteiger partial charge in [0, 0.05) is 32.4 Å².